The second-order valence-electron chi connectivity index (χ2n) is 2.98. The zero-order valence-electron chi connectivity index (χ0n) is 6.98. The molecule has 0 fully saturated rings. The minimum Gasteiger partial charge on any atom is -0.333 e. The lowest BCUT2D eigenvalue weighted by molar-refractivity contribution is 1.26. The van der Waals surface area contributed by atoms with Crippen LogP contribution in [0.4, 0.5) is 0 Å². The maximum Gasteiger partial charge on any atom is 0.169 e. The predicted molar refractivity (Wildman–Crippen MR) is 58.3 cm³/mol. The Morgan fingerprint density at radius 1 is 1.25 bits per heavy atom. The normalized spacial score (nSPS) is 10.9. The fourth-order valence-corrected chi connectivity index (χ4v) is 1.79. The van der Waals surface area contributed by atoms with Gasteiger partial charge in [-0.2, -0.15) is 0 Å². The molecule has 0 aliphatic carbocycles. The third-order valence-electron chi connectivity index (χ3n) is 2.07. The molecule has 0 bridgehead atoms. The second-order valence-corrected chi connectivity index (χ2v) is 4.00. The largest absolute Gasteiger partial charge is 0.333 e. The Morgan fingerprint density at radius 2 is 1.92 bits per heavy atom. The molecule has 0 saturated carbocycles. The highest BCUT2D eigenvalue weighted by Gasteiger charge is 2.01. The van der Waals surface area contributed by atoms with E-state index < -0.39 is 0 Å². The average molecular weight is 272 g/mol. The van der Waals surface area contributed by atoms with Crippen LogP contribution in [-0.2, 0) is 0 Å². The molecular weight excluding hydrogens is 263 g/mol. The van der Waals surface area contributed by atoms with Gasteiger partial charge in [0.2, 0.25) is 0 Å². The number of rotatable bonds is 0. The van der Waals surface area contributed by atoms with Crippen molar-refractivity contribution in [3.8, 4) is 0 Å². The number of fused-ring (bicyclic) bond motifs is 1. The number of nitrogens with one attached hydrogen (secondary N) is 1. The molecule has 0 amide bonds. The van der Waals surface area contributed by atoms with Crippen molar-refractivity contribution in [2.45, 2.75) is 13.8 Å². The van der Waals surface area contributed by atoms with Crippen LogP contribution in [0.3, 0.4) is 0 Å². The van der Waals surface area contributed by atoms with Crippen LogP contribution in [0, 0.1) is 17.7 Å². The van der Waals surface area contributed by atoms with Gasteiger partial charge in [-0.25, -0.2) is 4.98 Å². The van der Waals surface area contributed by atoms with Gasteiger partial charge in [-0.3, -0.25) is 0 Å². The summed E-state index contributed by atoms with van der Waals surface area (Å²) in [6.07, 6.45) is 0. The number of H-pyrrole nitrogens is 1. The lowest BCUT2D eigenvalue weighted by atomic mass is 10.1. The Hall–Kier alpha value is -0.580. The monoisotopic (exact) mass is 272 g/mol. The van der Waals surface area contributed by atoms with Crippen LogP contribution < -0.4 is 0 Å². The Kier molecular flexibility index (Phi) is 1.83. The molecule has 2 rings (SSSR count). The molecule has 0 saturated heterocycles. The first-order valence-electron chi connectivity index (χ1n) is 3.79. The molecule has 0 unspecified atom stereocenters. The third-order valence-corrected chi connectivity index (χ3v) is 2.58. The molecule has 3 heteroatoms. The van der Waals surface area contributed by atoms with E-state index >= 15 is 0 Å². The van der Waals surface area contributed by atoms with Gasteiger partial charge in [0.15, 0.2) is 3.83 Å². The minimum absolute atomic E-state index is 0.951. The van der Waals surface area contributed by atoms with Gasteiger partial charge >= 0.3 is 0 Å². The van der Waals surface area contributed by atoms with E-state index in [1.54, 1.807) is 0 Å². The SMILES string of the molecule is Cc1cc2nc(I)[nH]c2cc1C. The zero-order chi connectivity index (χ0) is 8.72. The van der Waals surface area contributed by atoms with Crippen LogP contribution >= 0.6 is 22.6 Å². The molecule has 0 aliphatic rings. The fourth-order valence-electron chi connectivity index (χ4n) is 1.24. The van der Waals surface area contributed by atoms with E-state index in [0.717, 1.165) is 14.9 Å². The van der Waals surface area contributed by atoms with Gasteiger partial charge in [-0.15, -0.1) is 0 Å². The van der Waals surface area contributed by atoms with Crippen molar-refractivity contribution in [3.63, 3.8) is 0 Å². The van der Waals surface area contributed by atoms with Crippen molar-refractivity contribution in [1.82, 2.24) is 9.97 Å². The molecule has 1 heterocycles. The molecule has 0 aliphatic heterocycles. The molecule has 62 valence electrons. The predicted octanol–water partition coefficient (Wildman–Crippen LogP) is 2.78. The van der Waals surface area contributed by atoms with E-state index in [-0.39, 0.29) is 0 Å². The van der Waals surface area contributed by atoms with E-state index in [0.29, 0.717) is 0 Å². The number of hydrogen-bond acceptors (Lipinski definition) is 1. The number of imidazole rings is 1. The summed E-state index contributed by atoms with van der Waals surface area (Å²) in [6, 6.07) is 4.25. The Bertz CT molecular complexity index is 392. The topological polar surface area (TPSA) is 28.7 Å². The van der Waals surface area contributed by atoms with Crippen molar-refractivity contribution in [1.29, 1.82) is 0 Å². The standard InChI is InChI=1S/C9H9IN2/c1-5-3-7-8(4-6(5)2)12-9(10)11-7/h3-4H,1-2H3,(H,11,12). The molecule has 1 aromatic carbocycles. The summed E-state index contributed by atoms with van der Waals surface area (Å²) in [6.45, 7) is 4.22. The van der Waals surface area contributed by atoms with E-state index in [9.17, 15) is 0 Å². The van der Waals surface area contributed by atoms with Crippen molar-refractivity contribution in [2.75, 3.05) is 0 Å². The number of aromatic amines is 1. The summed E-state index contributed by atoms with van der Waals surface area (Å²) in [4.78, 5) is 7.55. The van der Waals surface area contributed by atoms with Crippen LogP contribution in [0.2, 0.25) is 0 Å². The molecule has 0 radical (unpaired) electrons. The van der Waals surface area contributed by atoms with Gasteiger partial charge < -0.3 is 4.98 Å². The first-order valence-corrected chi connectivity index (χ1v) is 4.87. The molecule has 1 N–H and O–H groups in total. The fraction of sp³-hybridized carbons (Fsp3) is 0.222. The van der Waals surface area contributed by atoms with Gasteiger partial charge in [0.05, 0.1) is 11.0 Å². The highest BCUT2D eigenvalue weighted by molar-refractivity contribution is 14.1. The number of hydrogen-bond donors (Lipinski definition) is 1. The summed E-state index contributed by atoms with van der Waals surface area (Å²) in [5.41, 5.74) is 4.79. The molecule has 0 spiro atoms. The highest BCUT2D eigenvalue weighted by atomic mass is 127. The van der Waals surface area contributed by atoms with E-state index in [4.69, 9.17) is 0 Å². The number of nitrogens with zero attached hydrogens (tertiary/aromatic N) is 1. The molecular formula is C9H9IN2. The van der Waals surface area contributed by atoms with E-state index in [2.05, 4.69) is 58.5 Å². The number of aromatic nitrogens is 2. The van der Waals surface area contributed by atoms with Crippen molar-refractivity contribution >= 4 is 33.6 Å². The Labute approximate surface area is 84.5 Å². The summed E-state index contributed by atoms with van der Waals surface area (Å²) in [5.74, 6) is 0. The minimum atomic E-state index is 0.951. The maximum absolute atomic E-state index is 4.35. The summed E-state index contributed by atoms with van der Waals surface area (Å²) in [5, 5.41) is 0. The van der Waals surface area contributed by atoms with Crippen molar-refractivity contribution in [2.24, 2.45) is 0 Å². The molecule has 1 aromatic heterocycles. The van der Waals surface area contributed by atoms with Gasteiger partial charge in [-0.05, 0) is 59.7 Å². The number of benzene rings is 1. The van der Waals surface area contributed by atoms with Crippen LogP contribution in [0.5, 0.6) is 0 Å². The Balaban J connectivity index is 2.83. The lowest BCUT2D eigenvalue weighted by Crippen LogP contribution is -1.79. The lowest BCUT2D eigenvalue weighted by Gasteiger charge is -1.97. The zero-order valence-corrected chi connectivity index (χ0v) is 9.14. The molecule has 12 heavy (non-hydrogen) atoms. The van der Waals surface area contributed by atoms with Crippen LogP contribution in [0.25, 0.3) is 11.0 Å². The second kappa shape index (κ2) is 2.73. The summed E-state index contributed by atoms with van der Waals surface area (Å²) < 4.78 is 0.951. The van der Waals surface area contributed by atoms with Crippen molar-refractivity contribution in [3.05, 3.63) is 27.1 Å². The van der Waals surface area contributed by atoms with Gasteiger partial charge in [0.25, 0.3) is 0 Å². The number of halogens is 1. The maximum atomic E-state index is 4.35. The number of aryl methyl sites for hydroxylation is 2. The quantitative estimate of drug-likeness (QED) is 0.734. The summed E-state index contributed by atoms with van der Waals surface area (Å²) in [7, 11) is 0. The first kappa shape index (κ1) is 8.04. The Morgan fingerprint density at radius 3 is 2.67 bits per heavy atom. The summed E-state index contributed by atoms with van der Waals surface area (Å²) >= 11 is 2.19. The van der Waals surface area contributed by atoms with E-state index in [1.165, 1.54) is 11.1 Å². The van der Waals surface area contributed by atoms with Gasteiger partial charge in [0, 0.05) is 0 Å². The molecule has 2 aromatic rings. The highest BCUT2D eigenvalue weighted by Crippen LogP contribution is 2.17. The van der Waals surface area contributed by atoms with Crippen LogP contribution in [0.15, 0.2) is 12.1 Å². The van der Waals surface area contributed by atoms with Crippen molar-refractivity contribution < 1.29 is 0 Å². The smallest absolute Gasteiger partial charge is 0.169 e. The van der Waals surface area contributed by atoms with Gasteiger partial charge in [0.1, 0.15) is 0 Å². The first-order chi connectivity index (χ1) is 5.66. The average Bonchev–Trinajstić information content (AvgIpc) is 2.30. The molecule has 0 atom stereocenters. The molecule has 2 nitrogen and oxygen atoms in total. The third kappa shape index (κ3) is 1.22. The van der Waals surface area contributed by atoms with Gasteiger partial charge in [-0.1, -0.05) is 0 Å². The van der Waals surface area contributed by atoms with Crippen LogP contribution in [0.1, 0.15) is 11.1 Å². The van der Waals surface area contributed by atoms with Crippen LogP contribution in [-0.4, -0.2) is 9.97 Å². The van der Waals surface area contributed by atoms with E-state index in [1.807, 2.05) is 0 Å².